The zero-order valence-corrected chi connectivity index (χ0v) is 10.2. The second kappa shape index (κ2) is 5.12. The van der Waals surface area contributed by atoms with Crippen LogP contribution in [0.25, 0.3) is 0 Å². The maximum atomic E-state index is 11.9. The van der Waals surface area contributed by atoms with Gasteiger partial charge in [0.2, 0.25) is 0 Å². The standard InChI is InChI=1S/C9H8BrF3OS/c1-15-6-2-3-7(10)8(4-6)14-5-9(11,12)13/h2-4H,5H2,1H3. The molecule has 0 radical (unpaired) electrons. The fourth-order valence-electron chi connectivity index (χ4n) is 0.881. The summed E-state index contributed by atoms with van der Waals surface area (Å²) in [5, 5.41) is 0. The highest BCUT2D eigenvalue weighted by Crippen LogP contribution is 2.30. The van der Waals surface area contributed by atoms with E-state index in [1.54, 1.807) is 18.2 Å². The van der Waals surface area contributed by atoms with Crippen LogP contribution in [-0.4, -0.2) is 19.0 Å². The molecule has 1 aromatic rings. The van der Waals surface area contributed by atoms with Gasteiger partial charge in [0, 0.05) is 4.90 Å². The molecule has 84 valence electrons. The van der Waals surface area contributed by atoms with Crippen molar-refractivity contribution in [2.45, 2.75) is 11.1 Å². The summed E-state index contributed by atoms with van der Waals surface area (Å²) in [5.74, 6) is 0.208. The predicted molar refractivity (Wildman–Crippen MR) is 57.5 cm³/mol. The summed E-state index contributed by atoms with van der Waals surface area (Å²) in [6.45, 7) is -1.27. The van der Waals surface area contributed by atoms with Crippen LogP contribution in [0, 0.1) is 0 Å². The molecule has 0 aliphatic heterocycles. The third-order valence-electron chi connectivity index (χ3n) is 1.53. The third-order valence-corrected chi connectivity index (χ3v) is 2.91. The molecule has 0 fully saturated rings. The summed E-state index contributed by atoms with van der Waals surface area (Å²) in [7, 11) is 0. The topological polar surface area (TPSA) is 9.23 Å². The molecule has 0 saturated carbocycles. The molecule has 0 atom stereocenters. The molecule has 0 amide bonds. The van der Waals surface area contributed by atoms with Crippen LogP contribution in [0.3, 0.4) is 0 Å². The van der Waals surface area contributed by atoms with Crippen molar-refractivity contribution in [1.82, 2.24) is 0 Å². The maximum Gasteiger partial charge on any atom is 0.422 e. The molecule has 0 saturated heterocycles. The van der Waals surface area contributed by atoms with Gasteiger partial charge in [-0.25, -0.2) is 0 Å². The second-order valence-electron chi connectivity index (χ2n) is 2.70. The average molecular weight is 301 g/mol. The minimum absolute atomic E-state index is 0.208. The highest BCUT2D eigenvalue weighted by Gasteiger charge is 2.28. The third kappa shape index (κ3) is 4.34. The van der Waals surface area contributed by atoms with Gasteiger partial charge in [-0.3, -0.25) is 0 Å². The lowest BCUT2D eigenvalue weighted by Crippen LogP contribution is -2.19. The minimum Gasteiger partial charge on any atom is -0.483 e. The number of halogens is 4. The van der Waals surface area contributed by atoms with Crippen molar-refractivity contribution < 1.29 is 17.9 Å². The first-order chi connectivity index (χ1) is 6.92. The van der Waals surface area contributed by atoms with Crippen molar-refractivity contribution in [3.05, 3.63) is 22.7 Å². The molecular formula is C9H8BrF3OS. The number of alkyl halides is 3. The van der Waals surface area contributed by atoms with Crippen LogP contribution < -0.4 is 4.74 Å². The van der Waals surface area contributed by atoms with Crippen molar-refractivity contribution >= 4 is 27.7 Å². The first kappa shape index (κ1) is 12.7. The SMILES string of the molecule is CSc1ccc(Br)c(OCC(F)(F)F)c1. The molecule has 6 heteroatoms. The van der Waals surface area contributed by atoms with E-state index < -0.39 is 12.8 Å². The van der Waals surface area contributed by atoms with E-state index in [0.717, 1.165) is 4.90 Å². The number of hydrogen-bond donors (Lipinski definition) is 0. The van der Waals surface area contributed by atoms with Crippen LogP contribution in [0.2, 0.25) is 0 Å². The van der Waals surface area contributed by atoms with Crippen LogP contribution in [0.5, 0.6) is 5.75 Å². The molecule has 1 rings (SSSR count). The molecule has 0 unspecified atom stereocenters. The van der Waals surface area contributed by atoms with Gasteiger partial charge in [0.25, 0.3) is 0 Å². The Morgan fingerprint density at radius 3 is 2.60 bits per heavy atom. The van der Waals surface area contributed by atoms with E-state index in [0.29, 0.717) is 4.47 Å². The van der Waals surface area contributed by atoms with E-state index in [1.165, 1.54) is 11.8 Å². The molecule has 0 bridgehead atoms. The quantitative estimate of drug-likeness (QED) is 0.777. The van der Waals surface area contributed by atoms with Gasteiger partial charge in [-0.2, -0.15) is 13.2 Å². The second-order valence-corrected chi connectivity index (χ2v) is 4.43. The lowest BCUT2D eigenvalue weighted by molar-refractivity contribution is -0.153. The summed E-state index contributed by atoms with van der Waals surface area (Å²) < 4.78 is 40.9. The number of benzene rings is 1. The lowest BCUT2D eigenvalue weighted by atomic mass is 10.3. The number of thioether (sulfide) groups is 1. The van der Waals surface area contributed by atoms with Gasteiger partial charge in [0.1, 0.15) is 5.75 Å². The number of rotatable bonds is 3. The van der Waals surface area contributed by atoms with E-state index >= 15 is 0 Å². The molecule has 15 heavy (non-hydrogen) atoms. The van der Waals surface area contributed by atoms with Crippen LogP contribution >= 0.6 is 27.7 Å². The van der Waals surface area contributed by atoms with E-state index in [2.05, 4.69) is 20.7 Å². The molecule has 0 spiro atoms. The van der Waals surface area contributed by atoms with Gasteiger partial charge in [-0.15, -0.1) is 11.8 Å². The van der Waals surface area contributed by atoms with Crippen LogP contribution in [0.15, 0.2) is 27.6 Å². The van der Waals surface area contributed by atoms with Gasteiger partial charge in [-0.1, -0.05) is 0 Å². The minimum atomic E-state index is -4.31. The first-order valence-corrected chi connectivity index (χ1v) is 5.97. The Balaban J connectivity index is 2.75. The largest absolute Gasteiger partial charge is 0.483 e. The van der Waals surface area contributed by atoms with E-state index in [-0.39, 0.29) is 5.75 Å². The molecule has 0 aromatic heterocycles. The summed E-state index contributed by atoms with van der Waals surface area (Å²) >= 11 is 4.57. The van der Waals surface area contributed by atoms with Crippen molar-refractivity contribution in [2.75, 3.05) is 12.9 Å². The summed E-state index contributed by atoms with van der Waals surface area (Å²) in [4.78, 5) is 0.857. The highest BCUT2D eigenvalue weighted by atomic mass is 79.9. The summed E-state index contributed by atoms with van der Waals surface area (Å²) in [6.07, 6.45) is -2.47. The van der Waals surface area contributed by atoms with E-state index in [9.17, 15) is 13.2 Å². The fourth-order valence-corrected chi connectivity index (χ4v) is 1.67. The van der Waals surface area contributed by atoms with Crippen LogP contribution in [-0.2, 0) is 0 Å². The van der Waals surface area contributed by atoms with E-state index in [4.69, 9.17) is 0 Å². The molecule has 1 nitrogen and oxygen atoms in total. The first-order valence-electron chi connectivity index (χ1n) is 3.95. The van der Waals surface area contributed by atoms with Gasteiger partial charge in [0.05, 0.1) is 4.47 Å². The fraction of sp³-hybridized carbons (Fsp3) is 0.333. The smallest absolute Gasteiger partial charge is 0.422 e. The van der Waals surface area contributed by atoms with Gasteiger partial charge < -0.3 is 4.74 Å². The predicted octanol–water partition coefficient (Wildman–Crippen LogP) is 4.11. The molecule has 1 aromatic carbocycles. The molecular weight excluding hydrogens is 293 g/mol. The Labute approximate surface area is 98.1 Å². The van der Waals surface area contributed by atoms with Crippen molar-refractivity contribution in [3.63, 3.8) is 0 Å². The Morgan fingerprint density at radius 2 is 2.07 bits per heavy atom. The zero-order valence-electron chi connectivity index (χ0n) is 7.77. The number of ether oxygens (including phenoxy) is 1. The van der Waals surface area contributed by atoms with E-state index in [1.807, 2.05) is 6.26 Å². The molecule has 0 heterocycles. The molecule has 0 aliphatic carbocycles. The maximum absolute atomic E-state index is 11.9. The summed E-state index contributed by atoms with van der Waals surface area (Å²) in [6, 6.07) is 5.03. The van der Waals surface area contributed by atoms with Gasteiger partial charge in [-0.05, 0) is 40.4 Å². The Kier molecular flexibility index (Phi) is 4.33. The molecule has 0 N–H and O–H groups in total. The van der Waals surface area contributed by atoms with Crippen molar-refractivity contribution in [3.8, 4) is 5.75 Å². The van der Waals surface area contributed by atoms with Crippen LogP contribution in [0.4, 0.5) is 13.2 Å². The zero-order chi connectivity index (χ0) is 11.5. The highest BCUT2D eigenvalue weighted by molar-refractivity contribution is 9.10. The molecule has 0 aliphatic rings. The van der Waals surface area contributed by atoms with Crippen molar-refractivity contribution in [1.29, 1.82) is 0 Å². The Bertz CT molecular complexity index is 341. The van der Waals surface area contributed by atoms with Crippen molar-refractivity contribution in [2.24, 2.45) is 0 Å². The average Bonchev–Trinajstić information content (AvgIpc) is 2.15. The van der Waals surface area contributed by atoms with Crippen LogP contribution in [0.1, 0.15) is 0 Å². The normalized spacial score (nSPS) is 11.5. The monoisotopic (exact) mass is 300 g/mol. The summed E-state index contributed by atoms with van der Waals surface area (Å²) in [5.41, 5.74) is 0. The Morgan fingerprint density at radius 1 is 1.40 bits per heavy atom. The Hall–Kier alpha value is -0.360. The number of hydrogen-bond acceptors (Lipinski definition) is 2. The lowest BCUT2D eigenvalue weighted by Gasteiger charge is -2.11. The van der Waals surface area contributed by atoms with Gasteiger partial charge in [0.15, 0.2) is 6.61 Å². The van der Waals surface area contributed by atoms with Gasteiger partial charge >= 0.3 is 6.18 Å².